The van der Waals surface area contributed by atoms with Crippen molar-refractivity contribution in [2.45, 2.75) is 6.54 Å². The van der Waals surface area contributed by atoms with E-state index in [1.54, 1.807) is 49.3 Å². The van der Waals surface area contributed by atoms with Gasteiger partial charge in [0.25, 0.3) is 5.91 Å². The summed E-state index contributed by atoms with van der Waals surface area (Å²) in [5, 5.41) is 2.57. The van der Waals surface area contributed by atoms with Crippen LogP contribution in [0.15, 0.2) is 51.6 Å². The highest BCUT2D eigenvalue weighted by Gasteiger charge is 2.08. The molecule has 2 aromatic rings. The Morgan fingerprint density at radius 3 is 2.48 bits per heavy atom. The average molecular weight is 377 g/mol. The fraction of sp³-hybridized carbons (Fsp3) is 0.176. The van der Waals surface area contributed by atoms with Crippen molar-refractivity contribution in [2.75, 3.05) is 14.1 Å². The molecular formula is C17H17BrN2O3. The normalized spacial score (nSPS) is 10.7. The standard InChI is InChI=1S/C17H17BrN2O3/c1-19-17(22)13-5-3-12(4-6-13)11-20(2)16(21)10-8-14-7-9-15(18)23-14/h3-10H,11H2,1-2H3,(H,19,22)/b10-8+. The van der Waals surface area contributed by atoms with E-state index in [-0.39, 0.29) is 11.8 Å². The molecule has 2 amide bonds. The van der Waals surface area contributed by atoms with Crippen LogP contribution in [-0.4, -0.2) is 30.8 Å². The van der Waals surface area contributed by atoms with E-state index in [1.165, 1.54) is 6.08 Å². The molecule has 0 radical (unpaired) electrons. The maximum Gasteiger partial charge on any atom is 0.251 e. The number of benzene rings is 1. The monoisotopic (exact) mass is 376 g/mol. The van der Waals surface area contributed by atoms with Crippen molar-refractivity contribution in [2.24, 2.45) is 0 Å². The van der Waals surface area contributed by atoms with Gasteiger partial charge in [-0.15, -0.1) is 0 Å². The molecule has 1 N–H and O–H groups in total. The molecule has 2 rings (SSSR count). The molecule has 0 bridgehead atoms. The number of furan rings is 1. The second kappa shape index (κ2) is 7.78. The van der Waals surface area contributed by atoms with Crippen molar-refractivity contribution in [3.05, 3.63) is 64.0 Å². The number of nitrogens with one attached hydrogen (secondary N) is 1. The first kappa shape index (κ1) is 17.0. The van der Waals surface area contributed by atoms with Gasteiger partial charge in [-0.1, -0.05) is 12.1 Å². The highest BCUT2D eigenvalue weighted by molar-refractivity contribution is 9.10. The Kier molecular flexibility index (Phi) is 5.76. The van der Waals surface area contributed by atoms with E-state index in [2.05, 4.69) is 21.2 Å². The molecule has 1 heterocycles. The van der Waals surface area contributed by atoms with E-state index >= 15 is 0 Å². The Morgan fingerprint density at radius 1 is 1.22 bits per heavy atom. The topological polar surface area (TPSA) is 62.6 Å². The van der Waals surface area contributed by atoms with E-state index < -0.39 is 0 Å². The summed E-state index contributed by atoms with van der Waals surface area (Å²) in [6, 6.07) is 10.7. The van der Waals surface area contributed by atoms with Crippen molar-refractivity contribution in [1.29, 1.82) is 0 Å². The van der Waals surface area contributed by atoms with Crippen molar-refractivity contribution < 1.29 is 14.0 Å². The number of hydrogen-bond acceptors (Lipinski definition) is 3. The molecule has 120 valence electrons. The van der Waals surface area contributed by atoms with Gasteiger partial charge in [-0.05, 0) is 51.8 Å². The second-order valence-electron chi connectivity index (χ2n) is 4.95. The average Bonchev–Trinajstić information content (AvgIpc) is 2.98. The molecule has 0 unspecified atom stereocenters. The zero-order chi connectivity index (χ0) is 16.8. The van der Waals surface area contributed by atoms with Gasteiger partial charge >= 0.3 is 0 Å². The van der Waals surface area contributed by atoms with E-state index in [1.807, 2.05) is 12.1 Å². The molecule has 0 atom stereocenters. The maximum absolute atomic E-state index is 12.1. The summed E-state index contributed by atoms with van der Waals surface area (Å²) in [6.07, 6.45) is 3.09. The summed E-state index contributed by atoms with van der Waals surface area (Å²) in [5.41, 5.74) is 1.54. The van der Waals surface area contributed by atoms with Crippen molar-refractivity contribution >= 4 is 33.8 Å². The smallest absolute Gasteiger partial charge is 0.251 e. The molecule has 1 aromatic heterocycles. The first-order chi connectivity index (χ1) is 11.0. The van der Waals surface area contributed by atoms with Gasteiger partial charge in [0.15, 0.2) is 4.67 Å². The molecule has 0 aliphatic rings. The van der Waals surface area contributed by atoms with Crippen LogP contribution in [0, 0.1) is 0 Å². The molecule has 1 aromatic carbocycles. The first-order valence-corrected chi connectivity index (χ1v) is 7.78. The minimum atomic E-state index is -0.132. The summed E-state index contributed by atoms with van der Waals surface area (Å²) >= 11 is 3.21. The lowest BCUT2D eigenvalue weighted by Crippen LogP contribution is -2.24. The maximum atomic E-state index is 12.1. The van der Waals surface area contributed by atoms with Gasteiger partial charge < -0.3 is 14.6 Å². The Bertz CT molecular complexity index is 720. The molecule has 0 saturated carbocycles. The number of likely N-dealkylation sites (N-methyl/N-ethyl adjacent to an activating group) is 1. The largest absolute Gasteiger partial charge is 0.450 e. The van der Waals surface area contributed by atoms with E-state index in [0.717, 1.165) is 5.56 Å². The number of nitrogens with zero attached hydrogens (tertiary/aromatic N) is 1. The van der Waals surface area contributed by atoms with Gasteiger partial charge in [-0.2, -0.15) is 0 Å². The molecule has 6 heteroatoms. The van der Waals surface area contributed by atoms with Gasteiger partial charge in [-0.3, -0.25) is 9.59 Å². The van der Waals surface area contributed by atoms with Crippen LogP contribution in [0.1, 0.15) is 21.7 Å². The van der Waals surface area contributed by atoms with Gasteiger partial charge in [-0.25, -0.2) is 0 Å². The molecule has 0 spiro atoms. The number of carbonyl (C=O) groups excluding carboxylic acids is 2. The van der Waals surface area contributed by atoms with Crippen LogP contribution < -0.4 is 5.32 Å². The third kappa shape index (κ3) is 4.82. The summed E-state index contributed by atoms with van der Waals surface area (Å²) in [4.78, 5) is 25.1. The van der Waals surface area contributed by atoms with Crippen molar-refractivity contribution in [1.82, 2.24) is 10.2 Å². The number of hydrogen-bond donors (Lipinski definition) is 1. The predicted molar refractivity (Wildman–Crippen MR) is 91.7 cm³/mol. The fourth-order valence-corrected chi connectivity index (χ4v) is 2.28. The van der Waals surface area contributed by atoms with E-state index in [4.69, 9.17) is 4.42 Å². The lowest BCUT2D eigenvalue weighted by molar-refractivity contribution is -0.125. The van der Waals surface area contributed by atoms with E-state index in [9.17, 15) is 9.59 Å². The summed E-state index contributed by atoms with van der Waals surface area (Å²) in [6.45, 7) is 0.457. The number of halogens is 1. The zero-order valence-electron chi connectivity index (χ0n) is 12.9. The van der Waals surface area contributed by atoms with Crippen molar-refractivity contribution in [3.63, 3.8) is 0 Å². The predicted octanol–water partition coefficient (Wildman–Crippen LogP) is 3.07. The van der Waals surface area contributed by atoms with Crippen LogP contribution in [0.5, 0.6) is 0 Å². The Labute approximate surface area is 143 Å². The van der Waals surface area contributed by atoms with Crippen LogP contribution in [0.25, 0.3) is 6.08 Å². The molecule has 0 fully saturated rings. The molecule has 0 saturated heterocycles. The Morgan fingerprint density at radius 2 is 1.91 bits per heavy atom. The highest BCUT2D eigenvalue weighted by Crippen LogP contribution is 2.15. The van der Waals surface area contributed by atoms with Crippen LogP contribution in [0.4, 0.5) is 0 Å². The van der Waals surface area contributed by atoms with Gasteiger partial charge in [0.1, 0.15) is 5.76 Å². The first-order valence-electron chi connectivity index (χ1n) is 6.99. The summed E-state index contributed by atoms with van der Waals surface area (Å²) < 4.78 is 5.92. The third-order valence-corrected chi connectivity index (χ3v) is 3.65. The molecule has 23 heavy (non-hydrogen) atoms. The fourth-order valence-electron chi connectivity index (χ4n) is 1.96. The van der Waals surface area contributed by atoms with Crippen LogP contribution >= 0.6 is 15.9 Å². The summed E-state index contributed by atoms with van der Waals surface area (Å²) in [7, 11) is 3.31. The minimum Gasteiger partial charge on any atom is -0.450 e. The van der Waals surface area contributed by atoms with Gasteiger partial charge in [0.05, 0.1) is 0 Å². The van der Waals surface area contributed by atoms with Gasteiger partial charge in [0.2, 0.25) is 5.91 Å². The zero-order valence-corrected chi connectivity index (χ0v) is 14.5. The molecular weight excluding hydrogens is 360 g/mol. The van der Waals surface area contributed by atoms with E-state index in [0.29, 0.717) is 22.5 Å². The minimum absolute atomic E-state index is 0.131. The van der Waals surface area contributed by atoms with Crippen LogP contribution in [0.2, 0.25) is 0 Å². The third-order valence-electron chi connectivity index (χ3n) is 3.22. The lowest BCUT2D eigenvalue weighted by Gasteiger charge is -2.15. The lowest BCUT2D eigenvalue weighted by atomic mass is 10.1. The highest BCUT2D eigenvalue weighted by atomic mass is 79.9. The molecule has 0 aliphatic heterocycles. The molecule has 0 aliphatic carbocycles. The molecule has 5 nitrogen and oxygen atoms in total. The van der Waals surface area contributed by atoms with Crippen LogP contribution in [0.3, 0.4) is 0 Å². The Balaban J connectivity index is 1.95. The van der Waals surface area contributed by atoms with Gasteiger partial charge in [0, 0.05) is 32.3 Å². The quantitative estimate of drug-likeness (QED) is 0.815. The second-order valence-corrected chi connectivity index (χ2v) is 5.73. The number of amides is 2. The SMILES string of the molecule is CNC(=O)c1ccc(CN(C)C(=O)/C=C/c2ccc(Br)o2)cc1. The number of carbonyl (C=O) groups is 2. The summed E-state index contributed by atoms with van der Waals surface area (Å²) in [5.74, 6) is 0.343. The number of rotatable bonds is 5. The van der Waals surface area contributed by atoms with Crippen LogP contribution in [-0.2, 0) is 11.3 Å². The Hall–Kier alpha value is -2.34. The van der Waals surface area contributed by atoms with Crippen molar-refractivity contribution in [3.8, 4) is 0 Å².